The van der Waals surface area contributed by atoms with Crippen LogP contribution in [0.4, 0.5) is 0 Å². The maximum Gasteiger partial charge on any atom is 0.0134 e. The molecule has 0 unspecified atom stereocenters. The molecule has 0 aliphatic heterocycles. The first-order valence-corrected chi connectivity index (χ1v) is 5.05. The van der Waals surface area contributed by atoms with Crippen molar-refractivity contribution in [2.24, 2.45) is 5.92 Å². The van der Waals surface area contributed by atoms with Gasteiger partial charge in [-0.15, -0.1) is 0 Å². The van der Waals surface area contributed by atoms with Crippen LogP contribution < -0.4 is 5.32 Å². The van der Waals surface area contributed by atoms with E-state index in [9.17, 15) is 0 Å². The lowest BCUT2D eigenvalue weighted by Crippen LogP contribution is -2.07. The molecule has 0 saturated heterocycles. The van der Waals surface area contributed by atoms with Crippen LogP contribution >= 0.6 is 0 Å². The van der Waals surface area contributed by atoms with Crippen LogP contribution in [0, 0.1) is 5.92 Å². The fourth-order valence-corrected chi connectivity index (χ4v) is 1.24. The van der Waals surface area contributed by atoms with Crippen molar-refractivity contribution in [3.63, 3.8) is 0 Å². The molecule has 1 heteroatoms. The number of hydrogen-bond acceptors (Lipinski definition) is 1. The third-order valence-corrected chi connectivity index (χ3v) is 2.13. The summed E-state index contributed by atoms with van der Waals surface area (Å²) < 4.78 is 0. The molecule has 0 spiro atoms. The van der Waals surface area contributed by atoms with Gasteiger partial charge in [-0.1, -0.05) is 38.8 Å². The normalized spacial score (nSPS) is 12.6. The molecule has 0 saturated carbocycles. The summed E-state index contributed by atoms with van der Waals surface area (Å²) >= 11 is 0. The van der Waals surface area contributed by atoms with E-state index >= 15 is 0 Å². The zero-order valence-corrected chi connectivity index (χ0v) is 8.98. The third-order valence-electron chi connectivity index (χ3n) is 2.13. The lowest BCUT2D eigenvalue weighted by Gasteiger charge is -2.10. The van der Waals surface area contributed by atoms with Crippen molar-refractivity contribution >= 4 is 0 Å². The molecule has 0 radical (unpaired) electrons. The molecule has 1 N–H and O–H groups in total. The van der Waals surface area contributed by atoms with Gasteiger partial charge in [0.25, 0.3) is 0 Å². The fraction of sp³-hybridized carbons (Fsp3) is 0.818. The van der Waals surface area contributed by atoms with Crippen LogP contribution in [0.25, 0.3) is 0 Å². The molecule has 0 aromatic heterocycles. The van der Waals surface area contributed by atoms with E-state index in [0.717, 1.165) is 6.54 Å². The molecule has 0 heterocycles. The maximum absolute atomic E-state index is 3.15. The average molecular weight is 169 g/mol. The maximum atomic E-state index is 3.15. The second-order valence-electron chi connectivity index (χ2n) is 3.59. The second kappa shape index (κ2) is 7.35. The molecule has 12 heavy (non-hydrogen) atoms. The van der Waals surface area contributed by atoms with Crippen LogP contribution in [0.15, 0.2) is 11.6 Å². The molecule has 0 fully saturated rings. The number of allylic oxidation sites excluding steroid dienone is 1. The van der Waals surface area contributed by atoms with Gasteiger partial charge in [0.1, 0.15) is 0 Å². The van der Waals surface area contributed by atoms with Crippen molar-refractivity contribution in [2.75, 3.05) is 13.6 Å². The Bertz CT molecular complexity index is 125. The Morgan fingerprint density at radius 3 is 2.50 bits per heavy atom. The number of rotatable bonds is 6. The molecule has 0 amide bonds. The quantitative estimate of drug-likeness (QED) is 0.603. The first-order valence-electron chi connectivity index (χ1n) is 5.05. The van der Waals surface area contributed by atoms with Gasteiger partial charge in [0, 0.05) is 6.54 Å². The van der Waals surface area contributed by atoms with E-state index in [-0.39, 0.29) is 0 Å². The Morgan fingerprint density at radius 1 is 1.42 bits per heavy atom. The summed E-state index contributed by atoms with van der Waals surface area (Å²) in [5.74, 6) is 0.713. The van der Waals surface area contributed by atoms with Crippen molar-refractivity contribution in [2.45, 2.75) is 40.0 Å². The van der Waals surface area contributed by atoms with Gasteiger partial charge in [0.05, 0.1) is 0 Å². The monoisotopic (exact) mass is 169 g/mol. The van der Waals surface area contributed by atoms with Gasteiger partial charge in [-0.2, -0.15) is 0 Å². The van der Waals surface area contributed by atoms with Crippen LogP contribution in [0.1, 0.15) is 40.0 Å². The summed E-state index contributed by atoms with van der Waals surface area (Å²) in [6.45, 7) is 7.81. The van der Waals surface area contributed by atoms with Crippen molar-refractivity contribution in [3.05, 3.63) is 11.6 Å². The third kappa shape index (κ3) is 5.36. The summed E-state index contributed by atoms with van der Waals surface area (Å²) in [6, 6.07) is 0. The second-order valence-corrected chi connectivity index (χ2v) is 3.59. The zero-order chi connectivity index (χ0) is 9.40. The van der Waals surface area contributed by atoms with Crippen molar-refractivity contribution in [1.82, 2.24) is 5.32 Å². The Kier molecular flexibility index (Phi) is 7.17. The Morgan fingerprint density at radius 2 is 2.08 bits per heavy atom. The number of nitrogens with one attached hydrogen (secondary N) is 1. The predicted molar refractivity (Wildman–Crippen MR) is 56.4 cm³/mol. The van der Waals surface area contributed by atoms with Gasteiger partial charge in [-0.05, 0) is 25.8 Å². The summed E-state index contributed by atoms with van der Waals surface area (Å²) in [6.07, 6.45) is 6.23. The van der Waals surface area contributed by atoms with E-state index in [1.54, 1.807) is 5.57 Å². The van der Waals surface area contributed by atoms with E-state index in [0.29, 0.717) is 5.92 Å². The first-order chi connectivity index (χ1) is 5.72. The van der Waals surface area contributed by atoms with Gasteiger partial charge in [0.15, 0.2) is 0 Å². The molecule has 0 atom stereocenters. The lowest BCUT2D eigenvalue weighted by atomic mass is 9.97. The standard InChI is InChI=1S/C11H23N/c1-5-6-7-11(10(2)3)8-9-12-4/h8,10,12H,5-7,9H2,1-4H3/b11-8+. The molecule has 0 aliphatic rings. The van der Waals surface area contributed by atoms with E-state index in [2.05, 4.69) is 32.2 Å². The molecule has 0 aliphatic carbocycles. The average Bonchev–Trinajstić information content (AvgIpc) is 2.04. The fourth-order valence-electron chi connectivity index (χ4n) is 1.24. The van der Waals surface area contributed by atoms with Crippen LogP contribution in [0.5, 0.6) is 0 Å². The Hall–Kier alpha value is -0.300. The highest BCUT2D eigenvalue weighted by Crippen LogP contribution is 2.16. The largest absolute Gasteiger partial charge is 0.316 e. The number of hydrogen-bond donors (Lipinski definition) is 1. The summed E-state index contributed by atoms with van der Waals surface area (Å²) in [7, 11) is 1.99. The van der Waals surface area contributed by atoms with E-state index in [1.807, 2.05) is 7.05 Å². The van der Waals surface area contributed by atoms with Crippen LogP contribution in [0.2, 0.25) is 0 Å². The highest BCUT2D eigenvalue weighted by molar-refractivity contribution is 5.05. The highest BCUT2D eigenvalue weighted by Gasteiger charge is 2.00. The smallest absolute Gasteiger partial charge is 0.0134 e. The van der Waals surface area contributed by atoms with Crippen LogP contribution in [0.3, 0.4) is 0 Å². The molecule has 0 bridgehead atoms. The van der Waals surface area contributed by atoms with Gasteiger partial charge < -0.3 is 5.32 Å². The Balaban J connectivity index is 3.85. The zero-order valence-electron chi connectivity index (χ0n) is 8.98. The topological polar surface area (TPSA) is 12.0 Å². The van der Waals surface area contributed by atoms with Crippen LogP contribution in [-0.4, -0.2) is 13.6 Å². The van der Waals surface area contributed by atoms with E-state index < -0.39 is 0 Å². The molecule has 0 aromatic carbocycles. The molecular formula is C11H23N. The molecule has 0 aromatic rings. The molecular weight excluding hydrogens is 146 g/mol. The predicted octanol–water partition coefficient (Wildman–Crippen LogP) is 2.98. The van der Waals surface area contributed by atoms with Crippen molar-refractivity contribution in [3.8, 4) is 0 Å². The number of likely N-dealkylation sites (N-methyl/N-ethyl adjacent to an activating group) is 1. The van der Waals surface area contributed by atoms with Gasteiger partial charge in [-0.3, -0.25) is 0 Å². The van der Waals surface area contributed by atoms with Crippen molar-refractivity contribution < 1.29 is 0 Å². The molecule has 0 rings (SSSR count). The summed E-state index contributed by atoms with van der Waals surface area (Å²) in [5, 5.41) is 3.15. The number of unbranched alkanes of at least 4 members (excludes halogenated alkanes) is 1. The minimum absolute atomic E-state index is 0.713. The Labute approximate surface area is 77.2 Å². The van der Waals surface area contributed by atoms with E-state index in [1.165, 1.54) is 19.3 Å². The van der Waals surface area contributed by atoms with Gasteiger partial charge in [0.2, 0.25) is 0 Å². The van der Waals surface area contributed by atoms with Crippen LogP contribution in [-0.2, 0) is 0 Å². The first kappa shape index (κ1) is 11.7. The van der Waals surface area contributed by atoms with Gasteiger partial charge >= 0.3 is 0 Å². The molecule has 1 nitrogen and oxygen atoms in total. The summed E-state index contributed by atoms with van der Waals surface area (Å²) in [5.41, 5.74) is 1.60. The highest BCUT2D eigenvalue weighted by atomic mass is 14.8. The minimum atomic E-state index is 0.713. The lowest BCUT2D eigenvalue weighted by molar-refractivity contribution is 0.667. The van der Waals surface area contributed by atoms with E-state index in [4.69, 9.17) is 0 Å². The minimum Gasteiger partial charge on any atom is -0.316 e. The van der Waals surface area contributed by atoms with Crippen molar-refractivity contribution in [1.29, 1.82) is 0 Å². The van der Waals surface area contributed by atoms with Gasteiger partial charge in [-0.25, -0.2) is 0 Å². The summed E-state index contributed by atoms with van der Waals surface area (Å²) in [4.78, 5) is 0. The SMILES string of the molecule is CCCC/C(=C\CNC)C(C)C. The molecule has 72 valence electrons.